The molecule has 2 saturated heterocycles. The maximum absolute atomic E-state index is 14.5. The standard InChI is InChI=1S/C45H45Cl2FN6.C2H6/c1-2-39-32-52(26-27-53(39)40-20-23-51(24-21-40)31-33-18-19-38(46)29-42(33)48)44-41(47)28-34(30-50-44)43-49-22-25-54(43)45(35-12-6-3-7-13-35,36-14-8-4-9-15-36)37-16-10-5-11-17-37;1-2/h3-19,22,25,28-30,39-40H,2,20-21,23-24,26-27,31-32H2,1H3;1-2H3. The average Bonchev–Trinajstić information content (AvgIpc) is 3.74. The first-order valence-electron chi connectivity index (χ1n) is 20.0. The number of anilines is 1. The van der Waals surface area contributed by atoms with Gasteiger partial charge in [-0.05, 0) is 67.2 Å². The lowest BCUT2D eigenvalue weighted by atomic mass is 9.76. The van der Waals surface area contributed by atoms with Crippen LogP contribution in [0.25, 0.3) is 11.4 Å². The maximum atomic E-state index is 14.5. The van der Waals surface area contributed by atoms with Crippen molar-refractivity contribution in [3.05, 3.63) is 172 Å². The highest BCUT2D eigenvalue weighted by molar-refractivity contribution is 6.33. The lowest BCUT2D eigenvalue weighted by Crippen LogP contribution is -2.58. The first-order chi connectivity index (χ1) is 27.4. The third kappa shape index (κ3) is 8.01. The van der Waals surface area contributed by atoms with E-state index in [2.05, 4.69) is 123 Å². The molecule has 6 aromatic rings. The first-order valence-corrected chi connectivity index (χ1v) is 20.7. The predicted molar refractivity (Wildman–Crippen MR) is 229 cm³/mol. The van der Waals surface area contributed by atoms with E-state index in [0.717, 1.165) is 85.9 Å². The summed E-state index contributed by atoms with van der Waals surface area (Å²) in [7, 11) is 0. The van der Waals surface area contributed by atoms with Crippen LogP contribution in [0.2, 0.25) is 10.0 Å². The number of pyridine rings is 1. The van der Waals surface area contributed by atoms with Gasteiger partial charge in [0, 0.05) is 73.0 Å². The first kappa shape index (κ1) is 39.7. The normalized spacial score (nSPS) is 17.0. The Kier molecular flexibility index (Phi) is 12.9. The minimum atomic E-state index is -0.701. The zero-order valence-corrected chi connectivity index (χ0v) is 34.0. The highest BCUT2D eigenvalue weighted by Gasteiger charge is 2.40. The molecule has 290 valence electrons. The van der Waals surface area contributed by atoms with Crippen molar-refractivity contribution in [1.82, 2.24) is 24.3 Å². The second-order valence-electron chi connectivity index (χ2n) is 14.4. The van der Waals surface area contributed by atoms with Crippen LogP contribution < -0.4 is 4.90 Å². The number of aromatic nitrogens is 3. The van der Waals surface area contributed by atoms with Crippen LogP contribution in [0.4, 0.5) is 10.2 Å². The van der Waals surface area contributed by atoms with Crippen LogP contribution >= 0.6 is 23.2 Å². The zero-order valence-electron chi connectivity index (χ0n) is 32.5. The van der Waals surface area contributed by atoms with Crippen molar-refractivity contribution < 1.29 is 4.39 Å². The van der Waals surface area contributed by atoms with E-state index < -0.39 is 5.54 Å². The van der Waals surface area contributed by atoms with Crippen LogP contribution in [0.3, 0.4) is 0 Å². The topological polar surface area (TPSA) is 40.4 Å². The van der Waals surface area contributed by atoms with Crippen LogP contribution in [0.1, 0.15) is 62.3 Å². The molecular formula is C47H51Cl2FN6. The molecular weight excluding hydrogens is 738 g/mol. The van der Waals surface area contributed by atoms with Crippen LogP contribution in [0.15, 0.2) is 134 Å². The highest BCUT2D eigenvalue weighted by Crippen LogP contribution is 2.43. The van der Waals surface area contributed by atoms with Gasteiger partial charge in [-0.3, -0.25) is 9.80 Å². The van der Waals surface area contributed by atoms with Gasteiger partial charge in [0.25, 0.3) is 0 Å². The van der Waals surface area contributed by atoms with Crippen LogP contribution in [-0.4, -0.2) is 69.1 Å². The molecule has 2 aromatic heterocycles. The fraction of sp³-hybridized carbons (Fsp3) is 0.319. The van der Waals surface area contributed by atoms with Crippen molar-refractivity contribution in [3.63, 3.8) is 0 Å². The lowest BCUT2D eigenvalue weighted by molar-refractivity contribution is 0.0607. The number of hydrogen-bond acceptors (Lipinski definition) is 5. The number of benzene rings is 4. The number of halogens is 3. The third-order valence-electron chi connectivity index (χ3n) is 11.4. The number of likely N-dealkylation sites (tertiary alicyclic amines) is 1. The fourth-order valence-corrected chi connectivity index (χ4v) is 9.18. The summed E-state index contributed by atoms with van der Waals surface area (Å²) in [6.45, 7) is 11.5. The van der Waals surface area contributed by atoms with E-state index in [4.69, 9.17) is 33.2 Å². The van der Waals surface area contributed by atoms with Gasteiger partial charge in [-0.2, -0.15) is 0 Å². The van der Waals surface area contributed by atoms with E-state index in [-0.39, 0.29) is 5.82 Å². The van der Waals surface area contributed by atoms with E-state index in [9.17, 15) is 4.39 Å². The molecule has 9 heteroatoms. The third-order valence-corrected chi connectivity index (χ3v) is 11.9. The Morgan fingerprint density at radius 2 is 1.36 bits per heavy atom. The molecule has 1 atom stereocenters. The Balaban J connectivity index is 0.00000237. The second kappa shape index (κ2) is 18.2. The molecule has 0 radical (unpaired) electrons. The van der Waals surface area contributed by atoms with Gasteiger partial charge in [0.1, 0.15) is 23.0 Å². The van der Waals surface area contributed by atoms with Gasteiger partial charge in [0.05, 0.1) is 5.02 Å². The highest BCUT2D eigenvalue weighted by atomic mass is 35.5. The van der Waals surface area contributed by atoms with Crippen molar-refractivity contribution in [2.24, 2.45) is 0 Å². The molecule has 56 heavy (non-hydrogen) atoms. The summed E-state index contributed by atoms with van der Waals surface area (Å²) in [4.78, 5) is 17.4. The summed E-state index contributed by atoms with van der Waals surface area (Å²) in [5, 5.41) is 1.06. The molecule has 0 saturated carbocycles. The van der Waals surface area contributed by atoms with E-state index in [1.165, 1.54) is 6.07 Å². The summed E-state index contributed by atoms with van der Waals surface area (Å²) < 4.78 is 16.8. The van der Waals surface area contributed by atoms with Gasteiger partial charge in [-0.1, -0.05) is 141 Å². The minimum absolute atomic E-state index is 0.225. The van der Waals surface area contributed by atoms with Gasteiger partial charge in [0.2, 0.25) is 0 Å². The Bertz CT molecular complexity index is 2060. The Morgan fingerprint density at radius 3 is 1.91 bits per heavy atom. The molecule has 2 aliphatic rings. The number of imidazole rings is 1. The van der Waals surface area contributed by atoms with Crippen LogP contribution in [0.5, 0.6) is 0 Å². The van der Waals surface area contributed by atoms with E-state index in [1.807, 2.05) is 38.4 Å². The Morgan fingerprint density at radius 1 is 0.750 bits per heavy atom. The molecule has 0 aliphatic carbocycles. The second-order valence-corrected chi connectivity index (χ2v) is 15.3. The summed E-state index contributed by atoms with van der Waals surface area (Å²) in [6.07, 6.45) is 9.05. The number of piperidine rings is 1. The molecule has 4 aromatic carbocycles. The zero-order chi connectivity index (χ0) is 39.1. The summed E-state index contributed by atoms with van der Waals surface area (Å²) in [5.41, 5.74) is 4.25. The van der Waals surface area contributed by atoms with E-state index in [0.29, 0.717) is 34.2 Å². The van der Waals surface area contributed by atoms with Crippen molar-refractivity contribution in [1.29, 1.82) is 0 Å². The molecule has 2 aliphatic heterocycles. The lowest BCUT2D eigenvalue weighted by Gasteiger charge is -2.47. The quantitative estimate of drug-likeness (QED) is 0.129. The molecule has 2 fully saturated rings. The maximum Gasteiger partial charge on any atom is 0.147 e. The largest absolute Gasteiger partial charge is 0.353 e. The monoisotopic (exact) mass is 788 g/mol. The SMILES string of the molecule is CC.CCC1CN(c2ncc(-c3nccn3C(c3ccccc3)(c3ccccc3)c3ccccc3)cc2Cl)CCN1C1CCN(Cc2ccc(Cl)cc2F)CC1. The fourth-order valence-electron chi connectivity index (χ4n) is 8.73. The number of rotatable bonds is 10. The smallest absolute Gasteiger partial charge is 0.147 e. The molecule has 0 bridgehead atoms. The van der Waals surface area contributed by atoms with Crippen molar-refractivity contribution >= 4 is 29.0 Å². The molecule has 8 rings (SSSR count). The van der Waals surface area contributed by atoms with Crippen LogP contribution in [-0.2, 0) is 12.1 Å². The molecule has 0 amide bonds. The van der Waals surface area contributed by atoms with E-state index in [1.54, 1.807) is 6.07 Å². The molecule has 1 unspecified atom stereocenters. The predicted octanol–water partition coefficient (Wildman–Crippen LogP) is 10.8. The summed E-state index contributed by atoms with van der Waals surface area (Å²) in [6, 6.07) is 39.8. The molecule has 6 nitrogen and oxygen atoms in total. The summed E-state index contributed by atoms with van der Waals surface area (Å²) in [5.74, 6) is 1.38. The van der Waals surface area contributed by atoms with Gasteiger partial charge < -0.3 is 9.47 Å². The molecule has 0 spiro atoms. The Labute approximate surface area is 341 Å². The minimum Gasteiger partial charge on any atom is -0.353 e. The van der Waals surface area contributed by atoms with Crippen molar-refractivity contribution in [2.45, 2.75) is 64.2 Å². The van der Waals surface area contributed by atoms with Crippen LogP contribution in [0, 0.1) is 5.82 Å². The van der Waals surface area contributed by atoms with Crippen molar-refractivity contribution in [3.8, 4) is 11.4 Å². The van der Waals surface area contributed by atoms with Gasteiger partial charge in [-0.25, -0.2) is 14.4 Å². The molecule has 0 N–H and O–H groups in total. The van der Waals surface area contributed by atoms with Gasteiger partial charge >= 0.3 is 0 Å². The average molecular weight is 790 g/mol. The van der Waals surface area contributed by atoms with E-state index >= 15 is 0 Å². The number of nitrogens with zero attached hydrogens (tertiary/aromatic N) is 6. The number of piperazine rings is 1. The van der Waals surface area contributed by atoms with Crippen molar-refractivity contribution in [2.75, 3.05) is 37.6 Å². The van der Waals surface area contributed by atoms with Gasteiger partial charge in [0.15, 0.2) is 0 Å². The Hall–Kier alpha value is -4.53. The number of hydrogen-bond donors (Lipinski definition) is 0. The van der Waals surface area contributed by atoms with Gasteiger partial charge in [-0.15, -0.1) is 0 Å². The molecule has 4 heterocycles. The summed E-state index contributed by atoms with van der Waals surface area (Å²) >= 11 is 13.2.